The highest BCUT2D eigenvalue weighted by atomic mass is 35.5. The van der Waals surface area contributed by atoms with Crippen molar-refractivity contribution in [2.45, 2.75) is 0 Å². The Hall–Kier alpha value is -3.36. The molecule has 3 aromatic rings. The molecule has 0 aliphatic heterocycles. The van der Waals surface area contributed by atoms with Gasteiger partial charge in [0.2, 0.25) is 0 Å². The van der Waals surface area contributed by atoms with Gasteiger partial charge in [0, 0.05) is 17.7 Å². The van der Waals surface area contributed by atoms with Crippen molar-refractivity contribution >= 4 is 28.9 Å². The number of nitro benzene ring substituents is 1. The molecular formula is C19H11ClN2O3. The molecule has 122 valence electrons. The molecule has 1 aromatic heterocycles. The zero-order valence-electron chi connectivity index (χ0n) is 12.8. The van der Waals surface area contributed by atoms with Gasteiger partial charge in [0.25, 0.3) is 5.69 Å². The molecule has 0 radical (unpaired) electrons. The maximum atomic E-state index is 10.9. The van der Waals surface area contributed by atoms with Gasteiger partial charge in [0.1, 0.15) is 11.5 Å². The number of benzene rings is 2. The van der Waals surface area contributed by atoms with Crippen LogP contribution in [0.1, 0.15) is 11.3 Å². The van der Waals surface area contributed by atoms with Crippen LogP contribution < -0.4 is 0 Å². The molecule has 0 spiro atoms. The summed E-state index contributed by atoms with van der Waals surface area (Å²) in [5.41, 5.74) is 1.58. The summed E-state index contributed by atoms with van der Waals surface area (Å²) in [5.74, 6) is 0.850. The number of non-ortho nitro benzene ring substituents is 1. The first-order valence-electron chi connectivity index (χ1n) is 7.30. The molecule has 1 heterocycles. The van der Waals surface area contributed by atoms with E-state index < -0.39 is 4.92 Å². The van der Waals surface area contributed by atoms with E-state index in [1.165, 1.54) is 18.2 Å². The van der Waals surface area contributed by atoms with Crippen molar-refractivity contribution in [3.8, 4) is 17.4 Å². The molecule has 6 heteroatoms. The van der Waals surface area contributed by atoms with Crippen LogP contribution in [0.15, 0.2) is 65.1 Å². The zero-order chi connectivity index (χ0) is 17.8. The van der Waals surface area contributed by atoms with Crippen LogP contribution in [-0.4, -0.2) is 4.92 Å². The number of allylic oxidation sites excluding steroid dienone is 1. The Bertz CT molecular complexity index is 1000. The van der Waals surface area contributed by atoms with Crippen LogP contribution in [0.3, 0.4) is 0 Å². The van der Waals surface area contributed by atoms with Gasteiger partial charge in [-0.25, -0.2) is 0 Å². The van der Waals surface area contributed by atoms with Crippen LogP contribution in [0.4, 0.5) is 5.69 Å². The maximum absolute atomic E-state index is 10.9. The minimum absolute atomic E-state index is 0.0742. The lowest BCUT2D eigenvalue weighted by Crippen LogP contribution is -1.88. The Labute approximate surface area is 148 Å². The van der Waals surface area contributed by atoms with E-state index in [0.717, 1.165) is 5.56 Å². The van der Waals surface area contributed by atoms with E-state index in [-0.39, 0.29) is 5.69 Å². The molecule has 3 rings (SSSR count). The van der Waals surface area contributed by atoms with Crippen molar-refractivity contribution in [2.75, 3.05) is 0 Å². The number of nitro groups is 1. The fourth-order valence-corrected chi connectivity index (χ4v) is 2.54. The molecule has 25 heavy (non-hydrogen) atoms. The van der Waals surface area contributed by atoms with Gasteiger partial charge in [0.05, 0.1) is 21.6 Å². The minimum atomic E-state index is -0.493. The van der Waals surface area contributed by atoms with Gasteiger partial charge in [-0.2, -0.15) is 5.26 Å². The normalized spacial score (nSPS) is 11.1. The number of furan rings is 1. The first-order chi connectivity index (χ1) is 12.1. The third kappa shape index (κ3) is 3.60. The molecule has 0 aliphatic carbocycles. The monoisotopic (exact) mass is 350 g/mol. The van der Waals surface area contributed by atoms with Gasteiger partial charge >= 0.3 is 0 Å². The molecule has 0 aliphatic rings. The Kier molecular flexibility index (Phi) is 4.64. The predicted octanol–water partition coefficient (Wildman–Crippen LogP) is 5.57. The zero-order valence-corrected chi connectivity index (χ0v) is 13.6. The summed E-state index contributed by atoms with van der Waals surface area (Å²) in [4.78, 5) is 10.4. The summed E-state index contributed by atoms with van der Waals surface area (Å²) in [6.07, 6.45) is 1.62. The molecule has 5 nitrogen and oxygen atoms in total. The van der Waals surface area contributed by atoms with E-state index in [9.17, 15) is 15.4 Å². The molecule has 0 unspecified atom stereocenters. The molecule has 0 bridgehead atoms. The van der Waals surface area contributed by atoms with Gasteiger partial charge in [-0.15, -0.1) is 0 Å². The highest BCUT2D eigenvalue weighted by Gasteiger charge is 2.14. The smallest absolute Gasteiger partial charge is 0.270 e. The number of hydrogen-bond donors (Lipinski definition) is 0. The summed E-state index contributed by atoms with van der Waals surface area (Å²) < 4.78 is 5.70. The second-order valence-corrected chi connectivity index (χ2v) is 5.57. The third-order valence-electron chi connectivity index (χ3n) is 3.54. The summed E-state index contributed by atoms with van der Waals surface area (Å²) in [6, 6.07) is 18.8. The number of nitriles is 1. The molecule has 0 amide bonds. The van der Waals surface area contributed by atoms with Gasteiger partial charge < -0.3 is 4.42 Å². The highest BCUT2D eigenvalue weighted by molar-refractivity contribution is 6.33. The molecule has 0 fully saturated rings. The van der Waals surface area contributed by atoms with Crippen molar-refractivity contribution in [3.63, 3.8) is 0 Å². The predicted molar refractivity (Wildman–Crippen MR) is 95.7 cm³/mol. The lowest BCUT2D eigenvalue weighted by atomic mass is 10.1. The van der Waals surface area contributed by atoms with Gasteiger partial charge in [-0.3, -0.25) is 10.1 Å². The first-order valence-corrected chi connectivity index (χ1v) is 7.67. The minimum Gasteiger partial charge on any atom is -0.457 e. The topological polar surface area (TPSA) is 80.1 Å². The van der Waals surface area contributed by atoms with Crippen molar-refractivity contribution in [1.82, 2.24) is 0 Å². The number of rotatable bonds is 4. The Morgan fingerprint density at radius 2 is 1.92 bits per heavy atom. The average molecular weight is 351 g/mol. The summed E-state index contributed by atoms with van der Waals surface area (Å²) >= 11 is 6.12. The molecular weight excluding hydrogens is 340 g/mol. The summed E-state index contributed by atoms with van der Waals surface area (Å²) in [5, 5.41) is 20.6. The van der Waals surface area contributed by atoms with E-state index in [2.05, 4.69) is 6.07 Å². The fraction of sp³-hybridized carbons (Fsp3) is 0. The fourth-order valence-electron chi connectivity index (χ4n) is 2.33. The molecule has 0 atom stereocenters. The molecule has 0 saturated carbocycles. The van der Waals surface area contributed by atoms with Crippen LogP contribution in [0.5, 0.6) is 0 Å². The van der Waals surface area contributed by atoms with E-state index in [4.69, 9.17) is 16.0 Å². The molecule has 2 aromatic carbocycles. The quantitative estimate of drug-likeness (QED) is 0.350. The molecule has 0 N–H and O–H groups in total. The number of halogens is 1. The first kappa shape index (κ1) is 16.5. The lowest BCUT2D eigenvalue weighted by molar-refractivity contribution is -0.384. The summed E-state index contributed by atoms with van der Waals surface area (Å²) in [6.45, 7) is 0. The van der Waals surface area contributed by atoms with Crippen molar-refractivity contribution in [2.24, 2.45) is 0 Å². The highest BCUT2D eigenvalue weighted by Crippen LogP contribution is 2.33. The van der Waals surface area contributed by atoms with Crippen LogP contribution in [0.25, 0.3) is 23.0 Å². The maximum Gasteiger partial charge on any atom is 0.270 e. The SMILES string of the molecule is N#C/C(=C/c1ccc(-c2cc([N+](=O)[O-])ccc2Cl)o1)c1ccccc1. The van der Waals surface area contributed by atoms with Crippen molar-refractivity contribution in [3.05, 3.63) is 87.1 Å². The molecule has 0 saturated heterocycles. The largest absolute Gasteiger partial charge is 0.457 e. The second-order valence-electron chi connectivity index (χ2n) is 5.16. The Balaban J connectivity index is 1.98. The summed E-state index contributed by atoms with van der Waals surface area (Å²) in [7, 11) is 0. The van der Waals surface area contributed by atoms with E-state index >= 15 is 0 Å². The van der Waals surface area contributed by atoms with Gasteiger partial charge in [-0.1, -0.05) is 41.9 Å². The van der Waals surface area contributed by atoms with Crippen LogP contribution in [0.2, 0.25) is 5.02 Å². The van der Waals surface area contributed by atoms with Crippen LogP contribution in [0, 0.1) is 21.4 Å². The lowest BCUT2D eigenvalue weighted by Gasteiger charge is -2.01. The third-order valence-corrected chi connectivity index (χ3v) is 3.87. The van der Waals surface area contributed by atoms with E-state index in [1.54, 1.807) is 18.2 Å². The average Bonchev–Trinajstić information content (AvgIpc) is 3.09. The Morgan fingerprint density at radius 3 is 2.60 bits per heavy atom. The van der Waals surface area contributed by atoms with E-state index in [0.29, 0.717) is 27.7 Å². The van der Waals surface area contributed by atoms with Gasteiger partial charge in [0.15, 0.2) is 0 Å². The standard InChI is InChI=1S/C19H11ClN2O3/c20-18-8-6-15(22(23)24)11-17(18)19-9-7-16(25-19)10-14(12-21)13-4-2-1-3-5-13/h1-11H/b14-10-. The van der Waals surface area contributed by atoms with Crippen LogP contribution >= 0.6 is 11.6 Å². The van der Waals surface area contributed by atoms with Crippen molar-refractivity contribution < 1.29 is 9.34 Å². The van der Waals surface area contributed by atoms with E-state index in [1.807, 2.05) is 30.3 Å². The van der Waals surface area contributed by atoms with Crippen LogP contribution in [-0.2, 0) is 0 Å². The second kappa shape index (κ2) is 7.04. The number of nitrogens with zero attached hydrogens (tertiary/aromatic N) is 2. The van der Waals surface area contributed by atoms with Crippen molar-refractivity contribution in [1.29, 1.82) is 5.26 Å². The van der Waals surface area contributed by atoms with Gasteiger partial charge in [-0.05, 0) is 29.8 Å². The Morgan fingerprint density at radius 1 is 1.16 bits per heavy atom. The number of hydrogen-bond acceptors (Lipinski definition) is 4.